The first-order valence-corrected chi connectivity index (χ1v) is 15.9. The van der Waals surface area contributed by atoms with Crippen molar-refractivity contribution in [3.05, 3.63) is 164 Å². The van der Waals surface area contributed by atoms with Crippen molar-refractivity contribution >= 4 is 0 Å². The molecule has 1 saturated heterocycles. The number of aromatic amines is 1. The minimum atomic E-state index is -1.62. The van der Waals surface area contributed by atoms with Crippen LogP contribution in [0.1, 0.15) is 39.8 Å². The molecule has 1 fully saturated rings. The van der Waals surface area contributed by atoms with Crippen LogP contribution >= 0.6 is 0 Å². The first kappa shape index (κ1) is 33.0. The van der Waals surface area contributed by atoms with Crippen LogP contribution in [0.2, 0.25) is 0 Å². The second-order valence-corrected chi connectivity index (χ2v) is 12.3. The maximum Gasteiger partial charge on any atom is 0.330 e. The molecule has 1 aromatic heterocycles. The van der Waals surface area contributed by atoms with Gasteiger partial charge in [0.25, 0.3) is 5.56 Å². The van der Waals surface area contributed by atoms with Crippen molar-refractivity contribution < 1.29 is 24.4 Å². The van der Waals surface area contributed by atoms with Gasteiger partial charge in [-0.3, -0.25) is 14.3 Å². The van der Waals surface area contributed by atoms with Crippen LogP contribution in [0.25, 0.3) is 0 Å². The molecule has 5 aromatic rings. The number of aliphatic hydroxyl groups is 2. The van der Waals surface area contributed by atoms with Crippen LogP contribution in [0.3, 0.4) is 0 Å². The van der Waals surface area contributed by atoms with E-state index in [2.05, 4.69) is 11.1 Å². The molecule has 0 amide bonds. The molecule has 248 valence electrons. The van der Waals surface area contributed by atoms with Crippen molar-refractivity contribution in [3.8, 4) is 11.5 Å². The lowest BCUT2D eigenvalue weighted by Gasteiger charge is -2.50. The van der Waals surface area contributed by atoms with Crippen molar-refractivity contribution in [3.63, 3.8) is 0 Å². The molecule has 1 aliphatic heterocycles. The molecule has 0 radical (unpaired) electrons. The number of nitrogens with one attached hydrogen (secondary N) is 1. The molecule has 1 aliphatic rings. The summed E-state index contributed by atoms with van der Waals surface area (Å²) in [5.41, 5.74) is 0.905. The number of ether oxygens (including phenoxy) is 3. The van der Waals surface area contributed by atoms with Crippen molar-refractivity contribution in [2.45, 2.75) is 49.5 Å². The molecular formula is C39H40N2O7. The Labute approximate surface area is 279 Å². The number of aryl methyl sites for hydroxylation is 1. The fourth-order valence-electron chi connectivity index (χ4n) is 7.17. The Bertz CT molecular complexity index is 1970. The van der Waals surface area contributed by atoms with Crippen LogP contribution in [-0.4, -0.2) is 52.8 Å². The van der Waals surface area contributed by atoms with E-state index in [9.17, 15) is 19.8 Å². The molecule has 3 N–H and O–H groups in total. The number of hydrogen-bond acceptors (Lipinski definition) is 7. The maximum atomic E-state index is 14.0. The minimum Gasteiger partial charge on any atom is -0.497 e. The van der Waals surface area contributed by atoms with Crippen LogP contribution < -0.4 is 20.7 Å². The van der Waals surface area contributed by atoms with E-state index in [-0.39, 0.29) is 6.42 Å². The van der Waals surface area contributed by atoms with Crippen LogP contribution in [-0.2, 0) is 28.7 Å². The monoisotopic (exact) mass is 648 g/mol. The van der Waals surface area contributed by atoms with Crippen LogP contribution in [0.5, 0.6) is 11.5 Å². The van der Waals surface area contributed by atoms with Gasteiger partial charge in [0.1, 0.15) is 17.6 Å². The van der Waals surface area contributed by atoms with Gasteiger partial charge in [0.05, 0.1) is 32.3 Å². The number of hydrogen-bond donors (Lipinski definition) is 3. The van der Waals surface area contributed by atoms with Gasteiger partial charge in [-0.05, 0) is 71.8 Å². The van der Waals surface area contributed by atoms with E-state index in [0.29, 0.717) is 24.2 Å². The van der Waals surface area contributed by atoms with Crippen LogP contribution in [0.15, 0.2) is 119 Å². The van der Waals surface area contributed by atoms with Crippen molar-refractivity contribution in [2.24, 2.45) is 0 Å². The number of rotatable bonds is 11. The van der Waals surface area contributed by atoms with E-state index in [1.165, 1.54) is 10.8 Å². The van der Waals surface area contributed by atoms with Gasteiger partial charge in [-0.2, -0.15) is 0 Å². The average Bonchev–Trinajstić information content (AvgIpc) is 3.47. The van der Waals surface area contributed by atoms with E-state index >= 15 is 0 Å². The molecule has 0 bridgehead atoms. The molecule has 9 nitrogen and oxygen atoms in total. The standard InChI is InChI=1S/C39H40N2O7/c1-26-24-41(37(45)40-36(26)44)39(23-34(43)35(25-42)48-39)38(30-10-5-4-6-11-30,22-28-15-19-32(47-3)20-16-28)33-12-8-7-9-29(33)21-27-13-17-31(46-2)18-14-27/h4-20,24,34-35,42-43H,21-23,25H2,1-3H3,(H,40,44,45)/t34-,35+,38?,39-/m0/s1. The van der Waals surface area contributed by atoms with Crippen molar-refractivity contribution in [1.82, 2.24) is 9.55 Å². The largest absolute Gasteiger partial charge is 0.497 e. The number of aromatic nitrogens is 2. The summed E-state index contributed by atoms with van der Waals surface area (Å²) in [6, 6.07) is 33.5. The third kappa shape index (κ3) is 5.85. The lowest BCUT2D eigenvalue weighted by molar-refractivity contribution is -0.156. The Morgan fingerprint density at radius 1 is 0.875 bits per heavy atom. The van der Waals surface area contributed by atoms with E-state index in [0.717, 1.165) is 33.6 Å². The molecule has 2 heterocycles. The summed E-state index contributed by atoms with van der Waals surface area (Å²) < 4.78 is 19.2. The van der Waals surface area contributed by atoms with Crippen molar-refractivity contribution in [2.75, 3.05) is 20.8 Å². The zero-order chi connectivity index (χ0) is 33.9. The quantitative estimate of drug-likeness (QED) is 0.193. The van der Waals surface area contributed by atoms with Gasteiger partial charge in [0.2, 0.25) is 0 Å². The lowest BCUT2D eigenvalue weighted by Crippen LogP contribution is -2.60. The highest BCUT2D eigenvalue weighted by atomic mass is 16.6. The number of methoxy groups -OCH3 is 2. The summed E-state index contributed by atoms with van der Waals surface area (Å²) in [5.74, 6) is 1.44. The summed E-state index contributed by atoms with van der Waals surface area (Å²) in [7, 11) is 3.24. The SMILES string of the molecule is COc1ccc(Cc2ccccc2C(Cc2ccc(OC)cc2)(c2ccccc2)[C@]2(n3cc(C)c(=O)[nH]c3=O)C[C@H](O)[C@@H](CO)O2)cc1. The van der Waals surface area contributed by atoms with Gasteiger partial charge >= 0.3 is 5.69 Å². The Hall–Kier alpha value is -4.96. The molecule has 0 saturated carbocycles. The molecule has 9 heteroatoms. The van der Waals surface area contributed by atoms with E-state index in [1.807, 2.05) is 97.1 Å². The van der Waals surface area contributed by atoms with E-state index < -0.39 is 41.2 Å². The number of H-pyrrole nitrogens is 1. The topological polar surface area (TPSA) is 123 Å². The van der Waals surface area contributed by atoms with Gasteiger partial charge in [-0.15, -0.1) is 0 Å². The summed E-state index contributed by atoms with van der Waals surface area (Å²) in [5, 5.41) is 22.0. The van der Waals surface area contributed by atoms with Crippen molar-refractivity contribution in [1.29, 1.82) is 0 Å². The Kier molecular flexibility index (Phi) is 9.37. The summed E-state index contributed by atoms with van der Waals surface area (Å²) >= 11 is 0. The average molecular weight is 649 g/mol. The maximum absolute atomic E-state index is 14.0. The first-order chi connectivity index (χ1) is 23.2. The molecule has 48 heavy (non-hydrogen) atoms. The van der Waals surface area contributed by atoms with Gasteiger partial charge in [-0.25, -0.2) is 4.79 Å². The smallest absolute Gasteiger partial charge is 0.330 e. The third-order valence-corrected chi connectivity index (χ3v) is 9.54. The van der Waals surface area contributed by atoms with Gasteiger partial charge in [0.15, 0.2) is 5.72 Å². The molecule has 0 spiro atoms. The molecule has 6 rings (SSSR count). The highest BCUT2D eigenvalue weighted by Crippen LogP contribution is 2.55. The number of benzene rings is 4. The number of nitrogens with zero attached hydrogens (tertiary/aromatic N) is 1. The van der Waals surface area contributed by atoms with E-state index in [4.69, 9.17) is 14.2 Å². The minimum absolute atomic E-state index is 0.0501. The van der Waals surface area contributed by atoms with Crippen LogP contribution in [0, 0.1) is 6.92 Å². The second-order valence-electron chi connectivity index (χ2n) is 12.3. The Morgan fingerprint density at radius 3 is 2.08 bits per heavy atom. The fraction of sp³-hybridized carbons (Fsp3) is 0.282. The Morgan fingerprint density at radius 2 is 1.48 bits per heavy atom. The van der Waals surface area contributed by atoms with Crippen LogP contribution in [0.4, 0.5) is 0 Å². The first-order valence-electron chi connectivity index (χ1n) is 15.9. The summed E-state index contributed by atoms with van der Waals surface area (Å²) in [6.45, 7) is 1.16. The predicted octanol–water partition coefficient (Wildman–Crippen LogP) is 4.48. The summed E-state index contributed by atoms with van der Waals surface area (Å²) in [6.07, 6.45) is 0.185. The summed E-state index contributed by atoms with van der Waals surface area (Å²) in [4.78, 5) is 29.2. The highest BCUT2D eigenvalue weighted by Gasteiger charge is 2.63. The zero-order valence-electron chi connectivity index (χ0n) is 27.3. The Balaban J connectivity index is 1.73. The molecule has 4 atom stereocenters. The zero-order valence-corrected chi connectivity index (χ0v) is 27.3. The fourth-order valence-corrected chi connectivity index (χ4v) is 7.17. The third-order valence-electron chi connectivity index (χ3n) is 9.54. The van der Waals surface area contributed by atoms with Gasteiger partial charge in [0, 0.05) is 18.2 Å². The molecular weight excluding hydrogens is 608 g/mol. The normalized spacial score (nSPS) is 20.3. The lowest BCUT2D eigenvalue weighted by atomic mass is 9.61. The van der Waals surface area contributed by atoms with E-state index in [1.54, 1.807) is 21.1 Å². The number of aliphatic hydroxyl groups excluding tert-OH is 2. The predicted molar refractivity (Wildman–Crippen MR) is 183 cm³/mol. The molecule has 4 aromatic carbocycles. The van der Waals surface area contributed by atoms with Gasteiger partial charge in [-0.1, -0.05) is 78.9 Å². The second kappa shape index (κ2) is 13.6. The van der Waals surface area contributed by atoms with Gasteiger partial charge < -0.3 is 24.4 Å². The molecule has 1 unspecified atom stereocenters. The molecule has 0 aliphatic carbocycles. The highest BCUT2D eigenvalue weighted by molar-refractivity contribution is 5.51.